The number of nitrogens with one attached hydrogen (secondary N) is 2. The molecule has 0 amide bonds. The first-order valence-electron chi connectivity index (χ1n) is 10.0. The zero-order valence-electron chi connectivity index (χ0n) is 17.5. The number of benzene rings is 1. The van der Waals surface area contributed by atoms with Crippen LogP contribution in [-0.4, -0.2) is 58.2 Å². The Morgan fingerprint density at radius 3 is 2.77 bits per heavy atom. The number of rotatable bonds is 12. The molecule has 0 radical (unpaired) electrons. The van der Waals surface area contributed by atoms with Crippen LogP contribution in [0.4, 0.5) is 8.78 Å². The summed E-state index contributed by atoms with van der Waals surface area (Å²) in [6, 6.07) is 4.85. The van der Waals surface area contributed by atoms with Crippen LogP contribution in [0.2, 0.25) is 0 Å². The monoisotopic (exact) mass is 543 g/mol. The van der Waals surface area contributed by atoms with Crippen LogP contribution in [0.25, 0.3) is 0 Å². The quantitative estimate of drug-likeness (QED) is 0.182. The fraction of sp³-hybridized carbons (Fsp3) is 0.650. The van der Waals surface area contributed by atoms with Crippen LogP contribution in [0, 0.1) is 0 Å². The van der Waals surface area contributed by atoms with Crippen molar-refractivity contribution in [3.05, 3.63) is 23.8 Å². The molecule has 1 heterocycles. The van der Waals surface area contributed by atoms with Gasteiger partial charge in [-0.3, -0.25) is 0 Å². The Morgan fingerprint density at radius 2 is 2.10 bits per heavy atom. The first-order valence-corrected chi connectivity index (χ1v) is 10.0. The lowest BCUT2D eigenvalue weighted by Crippen LogP contribution is -2.38. The summed E-state index contributed by atoms with van der Waals surface area (Å²) in [4.78, 5) is 4.54. The molecule has 2 rings (SSSR count). The molecule has 1 atom stereocenters. The molecule has 1 saturated heterocycles. The molecular weight excluding hydrogens is 511 g/mol. The van der Waals surface area contributed by atoms with E-state index >= 15 is 0 Å². The normalized spacial score (nSPS) is 16.3. The smallest absolute Gasteiger partial charge is 0.387 e. The molecule has 30 heavy (non-hydrogen) atoms. The van der Waals surface area contributed by atoms with Gasteiger partial charge >= 0.3 is 6.61 Å². The summed E-state index contributed by atoms with van der Waals surface area (Å²) in [5.41, 5.74) is 0.830. The van der Waals surface area contributed by atoms with Gasteiger partial charge in [0.1, 0.15) is 0 Å². The second kappa shape index (κ2) is 15.4. The van der Waals surface area contributed by atoms with Crippen molar-refractivity contribution >= 4 is 29.9 Å². The van der Waals surface area contributed by atoms with E-state index in [4.69, 9.17) is 14.2 Å². The lowest BCUT2D eigenvalue weighted by atomic mass is 10.2. The molecular formula is C20H32F2IN3O4. The highest BCUT2D eigenvalue weighted by Crippen LogP contribution is 2.30. The van der Waals surface area contributed by atoms with E-state index in [1.165, 1.54) is 6.07 Å². The van der Waals surface area contributed by atoms with Gasteiger partial charge in [-0.25, -0.2) is 4.99 Å². The van der Waals surface area contributed by atoms with Gasteiger partial charge in [0.05, 0.1) is 25.9 Å². The van der Waals surface area contributed by atoms with Crippen LogP contribution in [0.15, 0.2) is 23.2 Å². The third kappa shape index (κ3) is 10.1. The number of guanidine groups is 1. The van der Waals surface area contributed by atoms with Crippen molar-refractivity contribution < 1.29 is 27.7 Å². The molecule has 1 aromatic carbocycles. The topological polar surface area (TPSA) is 73.3 Å². The van der Waals surface area contributed by atoms with Gasteiger partial charge in [0, 0.05) is 26.3 Å². The minimum absolute atomic E-state index is 0. The van der Waals surface area contributed by atoms with Crippen LogP contribution in [-0.2, 0) is 16.0 Å². The Bertz CT molecular complexity index is 632. The number of halogens is 3. The van der Waals surface area contributed by atoms with Crippen molar-refractivity contribution in [3.63, 3.8) is 0 Å². The molecule has 0 aliphatic carbocycles. The first-order chi connectivity index (χ1) is 14.1. The van der Waals surface area contributed by atoms with Crippen LogP contribution < -0.4 is 20.1 Å². The largest absolute Gasteiger partial charge is 0.490 e. The Kier molecular flexibility index (Phi) is 13.7. The van der Waals surface area contributed by atoms with Crippen molar-refractivity contribution in [2.75, 3.05) is 39.5 Å². The Morgan fingerprint density at radius 1 is 1.27 bits per heavy atom. The third-order valence-corrected chi connectivity index (χ3v) is 4.14. The number of ether oxygens (including phenoxy) is 4. The number of aliphatic imine (C=N–C) groups is 1. The van der Waals surface area contributed by atoms with Gasteiger partial charge in [-0.1, -0.05) is 6.07 Å². The van der Waals surface area contributed by atoms with Crippen LogP contribution in [0.3, 0.4) is 0 Å². The highest BCUT2D eigenvalue weighted by Gasteiger charge is 2.15. The van der Waals surface area contributed by atoms with Gasteiger partial charge in [-0.05, 0) is 44.4 Å². The highest BCUT2D eigenvalue weighted by molar-refractivity contribution is 14.0. The zero-order chi connectivity index (χ0) is 20.9. The Balaban J connectivity index is 0.00000450. The highest BCUT2D eigenvalue weighted by atomic mass is 127. The molecule has 1 fully saturated rings. The maximum absolute atomic E-state index is 12.5. The van der Waals surface area contributed by atoms with Gasteiger partial charge in [0.25, 0.3) is 0 Å². The predicted octanol–water partition coefficient (Wildman–Crippen LogP) is 3.56. The molecule has 0 bridgehead atoms. The van der Waals surface area contributed by atoms with E-state index in [1.807, 2.05) is 6.92 Å². The summed E-state index contributed by atoms with van der Waals surface area (Å²) < 4.78 is 45.9. The van der Waals surface area contributed by atoms with Crippen molar-refractivity contribution in [3.8, 4) is 11.5 Å². The van der Waals surface area contributed by atoms with Crippen LogP contribution in [0.1, 0.15) is 32.3 Å². The lowest BCUT2D eigenvalue weighted by Gasteiger charge is -2.14. The molecule has 10 heteroatoms. The summed E-state index contributed by atoms with van der Waals surface area (Å²) in [5, 5.41) is 6.45. The molecule has 0 saturated carbocycles. The van der Waals surface area contributed by atoms with Crippen molar-refractivity contribution in [2.45, 2.75) is 45.9 Å². The van der Waals surface area contributed by atoms with Gasteiger partial charge in [-0.2, -0.15) is 8.78 Å². The van der Waals surface area contributed by atoms with Crippen molar-refractivity contribution in [1.82, 2.24) is 10.6 Å². The molecule has 7 nitrogen and oxygen atoms in total. The van der Waals surface area contributed by atoms with Crippen LogP contribution in [0.5, 0.6) is 11.5 Å². The number of nitrogens with zero attached hydrogens (tertiary/aromatic N) is 1. The van der Waals surface area contributed by atoms with E-state index in [0.29, 0.717) is 32.3 Å². The van der Waals surface area contributed by atoms with Gasteiger partial charge in [0.15, 0.2) is 17.5 Å². The van der Waals surface area contributed by atoms with Crippen LogP contribution >= 0.6 is 24.0 Å². The van der Waals surface area contributed by atoms with Gasteiger partial charge in [-0.15, -0.1) is 24.0 Å². The van der Waals surface area contributed by atoms with Crippen molar-refractivity contribution in [2.24, 2.45) is 4.99 Å². The SMILES string of the molecule is CCNC(=NCc1ccc(OC(F)F)c(OCC)c1)NCCCOC1CCOC1.I. The fourth-order valence-electron chi connectivity index (χ4n) is 2.80. The van der Waals surface area contributed by atoms with E-state index < -0.39 is 6.61 Å². The molecule has 0 aromatic heterocycles. The van der Waals surface area contributed by atoms with Gasteiger partial charge < -0.3 is 29.6 Å². The molecule has 1 unspecified atom stereocenters. The molecule has 1 aromatic rings. The number of hydrogen-bond acceptors (Lipinski definition) is 5. The first kappa shape index (κ1) is 26.6. The summed E-state index contributed by atoms with van der Waals surface area (Å²) in [6.45, 7) is 5.20. The zero-order valence-corrected chi connectivity index (χ0v) is 19.8. The fourth-order valence-corrected chi connectivity index (χ4v) is 2.80. The van der Waals surface area contributed by atoms with E-state index in [1.54, 1.807) is 19.1 Å². The number of alkyl halides is 2. The van der Waals surface area contributed by atoms with E-state index in [-0.39, 0.29) is 41.6 Å². The standard InChI is InChI=1S/C20H31F2N3O4.HI/c1-3-23-20(24-9-5-10-28-16-8-11-26-14-16)25-13-15-6-7-17(29-19(21)22)18(12-15)27-4-2;/h6-7,12,16,19H,3-5,8-11,13-14H2,1-2H3,(H2,23,24,25);1H. The predicted molar refractivity (Wildman–Crippen MR) is 122 cm³/mol. The average Bonchev–Trinajstić information content (AvgIpc) is 3.21. The minimum atomic E-state index is -2.90. The second-order valence-electron chi connectivity index (χ2n) is 6.42. The molecule has 0 spiro atoms. The molecule has 172 valence electrons. The summed E-state index contributed by atoms with van der Waals surface area (Å²) >= 11 is 0. The molecule has 2 N–H and O–H groups in total. The number of hydrogen-bond donors (Lipinski definition) is 2. The summed E-state index contributed by atoms with van der Waals surface area (Å²) in [6.07, 6.45) is 2.03. The second-order valence-corrected chi connectivity index (χ2v) is 6.42. The lowest BCUT2D eigenvalue weighted by molar-refractivity contribution is -0.0514. The maximum atomic E-state index is 12.5. The Labute approximate surface area is 193 Å². The maximum Gasteiger partial charge on any atom is 0.387 e. The third-order valence-electron chi connectivity index (χ3n) is 4.14. The average molecular weight is 543 g/mol. The summed E-state index contributed by atoms with van der Waals surface area (Å²) in [7, 11) is 0. The van der Waals surface area contributed by atoms with Crippen molar-refractivity contribution in [1.29, 1.82) is 0 Å². The summed E-state index contributed by atoms with van der Waals surface area (Å²) in [5.74, 6) is 0.987. The van der Waals surface area contributed by atoms with E-state index in [9.17, 15) is 8.78 Å². The Hall–Kier alpha value is -1.40. The molecule has 1 aliphatic heterocycles. The van der Waals surface area contributed by atoms with E-state index in [2.05, 4.69) is 20.4 Å². The molecule has 1 aliphatic rings. The van der Waals surface area contributed by atoms with E-state index in [0.717, 1.165) is 38.1 Å². The van der Waals surface area contributed by atoms with Gasteiger partial charge in [0.2, 0.25) is 0 Å². The minimum Gasteiger partial charge on any atom is -0.490 e.